The van der Waals surface area contributed by atoms with E-state index in [1.54, 1.807) is 0 Å². The number of benzene rings is 1. The zero-order valence-corrected chi connectivity index (χ0v) is 12.7. The molecule has 0 spiro atoms. The standard InChI is InChI=1S/C13H11BrF3N5/c14-9-6-8(13(15,16)17)7(11-18-1-2-19-11)5-10(9)22-12-20-3-4-21-12/h1-2,5-6H,3-4H2,(H,18,19)(H2,20,21,22). The van der Waals surface area contributed by atoms with Crippen molar-refractivity contribution in [3.63, 3.8) is 0 Å². The van der Waals surface area contributed by atoms with Gasteiger partial charge in [0.2, 0.25) is 0 Å². The van der Waals surface area contributed by atoms with Gasteiger partial charge in [-0.3, -0.25) is 4.99 Å². The van der Waals surface area contributed by atoms with Gasteiger partial charge in [-0.05, 0) is 28.1 Å². The van der Waals surface area contributed by atoms with Gasteiger partial charge in [0.25, 0.3) is 0 Å². The monoisotopic (exact) mass is 373 g/mol. The van der Waals surface area contributed by atoms with Gasteiger partial charge in [-0.15, -0.1) is 0 Å². The van der Waals surface area contributed by atoms with Gasteiger partial charge >= 0.3 is 6.18 Å². The lowest BCUT2D eigenvalue weighted by Gasteiger charge is -2.16. The molecule has 1 aliphatic heterocycles. The highest BCUT2D eigenvalue weighted by atomic mass is 79.9. The van der Waals surface area contributed by atoms with Gasteiger partial charge in [0.05, 0.1) is 17.8 Å². The van der Waals surface area contributed by atoms with E-state index in [0.29, 0.717) is 29.2 Å². The Kier molecular flexibility index (Phi) is 3.81. The number of aromatic amines is 1. The molecule has 22 heavy (non-hydrogen) atoms. The Morgan fingerprint density at radius 2 is 2.09 bits per heavy atom. The summed E-state index contributed by atoms with van der Waals surface area (Å²) in [4.78, 5) is 10.8. The molecule has 0 aliphatic carbocycles. The highest BCUT2D eigenvalue weighted by molar-refractivity contribution is 9.10. The van der Waals surface area contributed by atoms with Crippen molar-refractivity contribution in [2.24, 2.45) is 4.99 Å². The number of halogens is 4. The third-order valence-corrected chi connectivity index (χ3v) is 3.75. The lowest BCUT2D eigenvalue weighted by molar-refractivity contribution is -0.137. The number of hydrogen-bond donors (Lipinski definition) is 3. The van der Waals surface area contributed by atoms with Crippen molar-refractivity contribution < 1.29 is 13.2 Å². The molecule has 0 atom stereocenters. The summed E-state index contributed by atoms with van der Waals surface area (Å²) < 4.78 is 40.0. The summed E-state index contributed by atoms with van der Waals surface area (Å²) in [7, 11) is 0. The smallest absolute Gasteiger partial charge is 0.354 e. The minimum Gasteiger partial charge on any atom is -0.354 e. The van der Waals surface area contributed by atoms with E-state index in [1.807, 2.05) is 0 Å². The average molecular weight is 374 g/mol. The van der Waals surface area contributed by atoms with Gasteiger partial charge in [-0.2, -0.15) is 13.2 Å². The molecule has 0 saturated carbocycles. The molecule has 0 fully saturated rings. The first-order valence-corrected chi connectivity index (χ1v) is 7.20. The van der Waals surface area contributed by atoms with E-state index in [1.165, 1.54) is 18.5 Å². The summed E-state index contributed by atoms with van der Waals surface area (Å²) in [6, 6.07) is 2.43. The number of hydrogen-bond acceptors (Lipinski definition) is 4. The number of aromatic nitrogens is 2. The average Bonchev–Trinajstić information content (AvgIpc) is 3.12. The Balaban J connectivity index is 2.08. The largest absolute Gasteiger partial charge is 0.417 e. The number of rotatable bonds is 2. The van der Waals surface area contributed by atoms with Crippen LogP contribution in [0.2, 0.25) is 0 Å². The highest BCUT2D eigenvalue weighted by Gasteiger charge is 2.35. The summed E-state index contributed by atoms with van der Waals surface area (Å²) in [5, 5.41) is 5.98. The molecular formula is C13H11BrF3N5. The zero-order valence-electron chi connectivity index (χ0n) is 11.1. The second-order valence-electron chi connectivity index (χ2n) is 4.60. The van der Waals surface area contributed by atoms with Crippen molar-refractivity contribution in [1.82, 2.24) is 15.3 Å². The Morgan fingerprint density at radius 3 is 2.68 bits per heavy atom. The third kappa shape index (κ3) is 2.94. The molecule has 0 bridgehead atoms. The molecule has 1 aliphatic rings. The molecule has 1 aromatic heterocycles. The van der Waals surface area contributed by atoms with E-state index in [4.69, 9.17) is 0 Å². The molecule has 0 amide bonds. The number of guanidine groups is 1. The fourth-order valence-corrected chi connectivity index (χ4v) is 2.56. The number of aliphatic imine (C=N–C) groups is 1. The summed E-state index contributed by atoms with van der Waals surface area (Å²) >= 11 is 3.17. The van der Waals surface area contributed by atoms with Crippen LogP contribution in [0, 0.1) is 0 Å². The first-order chi connectivity index (χ1) is 10.4. The maximum absolute atomic E-state index is 13.2. The van der Waals surface area contributed by atoms with Gasteiger partial charge in [0.15, 0.2) is 5.96 Å². The Morgan fingerprint density at radius 1 is 1.27 bits per heavy atom. The van der Waals surface area contributed by atoms with Crippen LogP contribution in [0.15, 0.2) is 34.0 Å². The number of alkyl halides is 3. The molecule has 1 aromatic carbocycles. The van der Waals surface area contributed by atoms with E-state index >= 15 is 0 Å². The Labute approximate surface area is 132 Å². The SMILES string of the molecule is FC(F)(F)c1cc(Br)c(NC2=NCCN2)cc1-c1ncc[nH]1. The van der Waals surface area contributed by atoms with Crippen LogP contribution in [0.25, 0.3) is 11.4 Å². The number of anilines is 1. The number of H-pyrrole nitrogens is 1. The van der Waals surface area contributed by atoms with Crippen LogP contribution in [-0.4, -0.2) is 29.0 Å². The number of nitrogens with zero attached hydrogens (tertiary/aromatic N) is 2. The maximum Gasteiger partial charge on any atom is 0.417 e. The van der Waals surface area contributed by atoms with Crippen molar-refractivity contribution in [3.05, 3.63) is 34.6 Å². The molecule has 2 aromatic rings. The molecule has 9 heteroatoms. The van der Waals surface area contributed by atoms with Crippen molar-refractivity contribution >= 4 is 27.6 Å². The van der Waals surface area contributed by atoms with Gasteiger partial charge in [0, 0.05) is 29.0 Å². The van der Waals surface area contributed by atoms with Gasteiger partial charge < -0.3 is 15.6 Å². The fourth-order valence-electron chi connectivity index (χ4n) is 2.12. The molecule has 5 nitrogen and oxygen atoms in total. The second-order valence-corrected chi connectivity index (χ2v) is 5.45. The van der Waals surface area contributed by atoms with Gasteiger partial charge in [0.1, 0.15) is 5.82 Å². The van der Waals surface area contributed by atoms with E-state index in [-0.39, 0.29) is 11.4 Å². The molecule has 0 unspecified atom stereocenters. The lowest BCUT2D eigenvalue weighted by Crippen LogP contribution is -2.26. The number of imidazole rings is 1. The Hall–Kier alpha value is -2.03. The van der Waals surface area contributed by atoms with Crippen molar-refractivity contribution in [3.8, 4) is 11.4 Å². The summed E-state index contributed by atoms with van der Waals surface area (Å²) in [5.41, 5.74) is -0.310. The highest BCUT2D eigenvalue weighted by Crippen LogP contribution is 2.40. The maximum atomic E-state index is 13.2. The van der Waals surface area contributed by atoms with Crippen LogP contribution in [0.3, 0.4) is 0 Å². The first-order valence-electron chi connectivity index (χ1n) is 6.41. The van der Waals surface area contributed by atoms with Crippen LogP contribution in [0.1, 0.15) is 5.56 Å². The summed E-state index contributed by atoms with van der Waals surface area (Å²) in [6.07, 6.45) is -1.59. The van der Waals surface area contributed by atoms with Crippen molar-refractivity contribution in [2.45, 2.75) is 6.18 Å². The van der Waals surface area contributed by atoms with Crippen LogP contribution in [0.4, 0.5) is 18.9 Å². The molecule has 3 rings (SSSR count). The minimum atomic E-state index is -4.48. The summed E-state index contributed by atoms with van der Waals surface area (Å²) in [6.45, 7) is 1.33. The van der Waals surface area contributed by atoms with E-state index in [0.717, 1.165) is 6.07 Å². The van der Waals surface area contributed by atoms with E-state index in [9.17, 15) is 13.2 Å². The van der Waals surface area contributed by atoms with E-state index < -0.39 is 11.7 Å². The van der Waals surface area contributed by atoms with Crippen LogP contribution in [0.5, 0.6) is 0 Å². The van der Waals surface area contributed by atoms with Crippen LogP contribution < -0.4 is 10.6 Å². The fraction of sp³-hybridized carbons (Fsp3) is 0.231. The number of nitrogens with one attached hydrogen (secondary N) is 3. The molecule has 2 heterocycles. The summed E-state index contributed by atoms with van der Waals surface area (Å²) in [5.74, 6) is 0.690. The normalized spacial score (nSPS) is 14.6. The second kappa shape index (κ2) is 5.64. The van der Waals surface area contributed by atoms with Gasteiger partial charge in [-0.1, -0.05) is 0 Å². The van der Waals surface area contributed by atoms with Crippen molar-refractivity contribution in [2.75, 3.05) is 18.4 Å². The van der Waals surface area contributed by atoms with Crippen molar-refractivity contribution in [1.29, 1.82) is 0 Å². The zero-order chi connectivity index (χ0) is 15.7. The quantitative estimate of drug-likeness (QED) is 0.757. The molecular weight excluding hydrogens is 363 g/mol. The predicted molar refractivity (Wildman–Crippen MR) is 80.7 cm³/mol. The minimum absolute atomic E-state index is 0.0261. The van der Waals surface area contributed by atoms with Crippen LogP contribution >= 0.6 is 15.9 Å². The molecule has 116 valence electrons. The molecule has 0 radical (unpaired) electrons. The lowest BCUT2D eigenvalue weighted by atomic mass is 10.1. The Bertz CT molecular complexity index is 709. The third-order valence-electron chi connectivity index (χ3n) is 3.09. The first kappa shape index (κ1) is 14.9. The predicted octanol–water partition coefficient (Wildman–Crippen LogP) is 3.23. The topological polar surface area (TPSA) is 65.1 Å². The molecule has 3 N–H and O–H groups in total. The van der Waals surface area contributed by atoms with E-state index in [2.05, 4.69) is 41.5 Å². The van der Waals surface area contributed by atoms with Gasteiger partial charge in [-0.25, -0.2) is 4.98 Å². The van der Waals surface area contributed by atoms with Crippen LogP contribution in [-0.2, 0) is 6.18 Å². The molecule has 0 saturated heterocycles.